The second-order valence-corrected chi connectivity index (χ2v) is 13.8. The van der Waals surface area contributed by atoms with Gasteiger partial charge in [0.2, 0.25) is 29.5 Å². The third-order valence-electron chi connectivity index (χ3n) is 9.41. The van der Waals surface area contributed by atoms with E-state index >= 15 is 0 Å². The topological polar surface area (TPSA) is 261 Å². The van der Waals surface area contributed by atoms with Gasteiger partial charge in [-0.2, -0.15) is 0 Å². The van der Waals surface area contributed by atoms with Gasteiger partial charge in [0.1, 0.15) is 31.6 Å². The van der Waals surface area contributed by atoms with Crippen molar-refractivity contribution in [3.63, 3.8) is 0 Å². The first-order valence-electron chi connectivity index (χ1n) is 20.4. The van der Waals surface area contributed by atoms with Crippen molar-refractivity contribution < 1.29 is 46.0 Å². The zero-order valence-corrected chi connectivity index (χ0v) is 31.4. The van der Waals surface area contributed by atoms with Crippen molar-refractivity contribution in [2.24, 2.45) is 17.6 Å². The molecule has 4 rings (SSSR count). The highest BCUT2D eigenvalue weighted by Crippen LogP contribution is 2.21. The van der Waals surface area contributed by atoms with Crippen molar-refractivity contribution in [3.8, 4) is 0 Å². The third-order valence-corrected chi connectivity index (χ3v) is 9.41. The molecule has 2 aromatic heterocycles. The van der Waals surface area contributed by atoms with Gasteiger partial charge in [0.15, 0.2) is 5.65 Å². The maximum absolute atomic E-state index is 14.6. The minimum atomic E-state index is -2.20. The summed E-state index contributed by atoms with van der Waals surface area (Å²) in [4.78, 5) is 87.8. The Morgan fingerprint density at radius 2 is 1.24 bits per heavy atom. The molecule has 4 aromatic rings. The second-order valence-electron chi connectivity index (χ2n) is 13.8. The zero-order valence-electron chi connectivity index (χ0n) is 36.4. The van der Waals surface area contributed by atoms with Gasteiger partial charge in [-0.3, -0.25) is 24.0 Å². The maximum Gasteiger partial charge on any atom is 0.326 e. The first-order valence-corrected chi connectivity index (χ1v) is 18.1. The van der Waals surface area contributed by atoms with Crippen LogP contribution in [0.1, 0.15) is 52.2 Å². The van der Waals surface area contributed by atoms with Gasteiger partial charge in [0.05, 0.1) is 12.6 Å². The van der Waals surface area contributed by atoms with Crippen molar-refractivity contribution in [1.29, 1.82) is 0 Å². The van der Waals surface area contributed by atoms with E-state index in [0.717, 1.165) is 6.92 Å². The second kappa shape index (κ2) is 19.0. The number of aromatic nitrogens is 2. The van der Waals surface area contributed by atoms with Gasteiger partial charge in [-0.25, -0.2) is 4.79 Å². The number of rotatable bonds is 20. The lowest BCUT2D eigenvalue weighted by Crippen LogP contribution is -2.62. The number of benzene rings is 2. The lowest BCUT2D eigenvalue weighted by Gasteiger charge is -2.29. The summed E-state index contributed by atoms with van der Waals surface area (Å²) in [5.41, 5.74) is 4.06. The quantitative estimate of drug-likeness (QED) is 0.0614. The molecular formula is C39H52N8O8. The highest BCUT2D eigenvalue weighted by atomic mass is 16.4. The van der Waals surface area contributed by atoms with E-state index in [-0.39, 0.29) is 28.8 Å². The molecule has 0 radical (unpaired) electrons. The lowest BCUT2D eigenvalue weighted by atomic mass is 9.97. The van der Waals surface area contributed by atoms with E-state index in [2.05, 4.69) is 15.3 Å². The minimum Gasteiger partial charge on any atom is -0.480 e. The molecule has 0 bridgehead atoms. The summed E-state index contributed by atoms with van der Waals surface area (Å²) in [6.07, 6.45) is 0.709. The first-order chi connectivity index (χ1) is 28.4. The summed E-state index contributed by atoms with van der Waals surface area (Å²) in [7, 11) is 0. The summed E-state index contributed by atoms with van der Waals surface area (Å²) >= 11 is 0. The monoisotopic (exact) mass is 765 g/mol. The van der Waals surface area contributed by atoms with Crippen LogP contribution in [0, 0.1) is 11.8 Å². The van der Waals surface area contributed by atoms with Crippen LogP contribution < -0.4 is 32.3 Å². The third kappa shape index (κ3) is 10.7. The Morgan fingerprint density at radius 1 is 0.727 bits per heavy atom. The van der Waals surface area contributed by atoms with E-state index < -0.39 is 96.6 Å². The van der Waals surface area contributed by atoms with Gasteiger partial charge < -0.3 is 52.5 Å². The molecular weight excluding hydrogens is 708 g/mol. The summed E-state index contributed by atoms with van der Waals surface area (Å²) in [5, 5.41) is 25.3. The van der Waals surface area contributed by atoms with Crippen molar-refractivity contribution in [2.45, 2.75) is 90.2 Å². The number of aliphatic hydroxyl groups is 1. The molecule has 0 aliphatic rings. The molecule has 0 aliphatic heterocycles. The van der Waals surface area contributed by atoms with Gasteiger partial charge in [-0.05, 0) is 42.0 Å². The molecule has 55 heavy (non-hydrogen) atoms. The molecule has 5 amide bonds. The van der Waals surface area contributed by atoms with Crippen LogP contribution in [0.2, 0.25) is 7.06 Å². The Balaban J connectivity index is 1.76. The Hall–Kier alpha value is -5.74. The van der Waals surface area contributed by atoms with Crippen LogP contribution in [0.15, 0.2) is 60.9 Å². The van der Waals surface area contributed by atoms with Gasteiger partial charge >= 0.3 is 5.97 Å². The average Bonchev–Trinajstić information content (AvgIpc) is 3.83. The van der Waals surface area contributed by atoms with Crippen LogP contribution in [0.25, 0.3) is 21.8 Å². The molecule has 7 atom stereocenters. The maximum atomic E-state index is 14.6. The Kier molecular flexibility index (Phi) is 12.1. The Morgan fingerprint density at radius 3 is 1.71 bits per heavy atom. The predicted molar refractivity (Wildman–Crippen MR) is 206 cm³/mol. The predicted octanol–water partition coefficient (Wildman–Crippen LogP) is 0.985. The van der Waals surface area contributed by atoms with Gasteiger partial charge in [0.25, 0.3) is 0 Å². The van der Waals surface area contributed by atoms with Crippen LogP contribution in [-0.2, 0) is 41.6 Å². The number of nitrogens with two attached hydrogens (primary N) is 1. The summed E-state index contributed by atoms with van der Waals surface area (Å²) in [6, 6.07) is 5.00. The van der Waals surface area contributed by atoms with Crippen LogP contribution in [-0.4, -0.2) is 98.5 Å². The van der Waals surface area contributed by atoms with Crippen LogP contribution in [0.3, 0.4) is 0 Å². The summed E-state index contributed by atoms with van der Waals surface area (Å²) in [6.45, 7) is 6.78. The van der Waals surface area contributed by atoms with Crippen LogP contribution in [0.4, 0.5) is 0 Å². The molecule has 2 aromatic carbocycles. The number of carbonyl (C=O) groups is 6. The smallest absolute Gasteiger partial charge is 0.326 e. The van der Waals surface area contributed by atoms with Gasteiger partial charge in [-0.1, -0.05) is 70.5 Å². The van der Waals surface area contributed by atoms with E-state index in [4.69, 9.17) is 7.06 Å². The summed E-state index contributed by atoms with van der Waals surface area (Å²) < 4.78 is 42.7. The van der Waals surface area contributed by atoms with E-state index in [1.807, 2.05) is 5.73 Å². The van der Waals surface area contributed by atoms with Crippen molar-refractivity contribution in [1.82, 2.24) is 36.5 Å². The normalized spacial score (nSPS) is 16.5. The molecule has 0 aliphatic carbocycles. The fraction of sp³-hybridized carbons (Fsp3) is 0.436. The number of para-hydroxylation sites is 2. The van der Waals surface area contributed by atoms with Crippen molar-refractivity contribution in [3.05, 3.63) is 72.1 Å². The standard InChI is InChI=1S/C39H52N8O8/c1-6-21(4)33(45-31(49)17-40)37(52)43-30(16-24-19-42-28-14-10-8-12-26(24)28)36(51)47-34(22(5)48)38(53)44-29(35(50)46-32(20(2)3)39(54)55)15-23-18-41-27-13-9-7-11-25(23)27/h7-14,18-22,29-30,32-34,41-42,48H,6,15-17,40H2,1-5H3,(H,43,52)(H,44,53)(H,45,49)(H,46,50)(H,47,51)(H,54,55)/t21-,22+,29-,30-,32-,33-,34-/m0/s1/i/hD5. The number of amides is 5. The first kappa shape index (κ1) is 35.0. The fourth-order valence-electron chi connectivity index (χ4n) is 6.07. The highest BCUT2D eigenvalue weighted by Gasteiger charge is 2.36. The Labute approximate surface area is 326 Å². The number of hydrogen-bond donors (Lipinski definition) is 10. The molecule has 296 valence electrons. The van der Waals surface area contributed by atoms with Crippen molar-refractivity contribution >= 4 is 57.3 Å². The number of carboxylic acids is 1. The largest absolute Gasteiger partial charge is 0.480 e. The number of nitrogens with one attached hydrogen (secondary N) is 7. The molecule has 16 heteroatoms. The van der Waals surface area contributed by atoms with Gasteiger partial charge in [0, 0.05) is 47.0 Å². The number of carboxylic acid groups (broad SMARTS) is 1. The minimum absolute atomic E-state index is 0.0452. The van der Waals surface area contributed by atoms with E-state index in [0.29, 0.717) is 38.2 Å². The summed E-state index contributed by atoms with van der Waals surface area (Å²) in [5.74, 6) is -8.67. The SMILES string of the molecule is [2H]NCC(=O)N([2H])[C@H](C(=O)N([2H])[C@@H](Cc1c[nH]c2ccccc12)C(=O)N([2H])[C@H](C(=O)N([2H])[C@@H](Cc1c[nH]c2ccccc12)C(=O)N[C@H](C(=O)O)C(C)C)[C@@H](C)O)[C@@H](C)CC. The molecule has 0 fully saturated rings. The number of H-pyrrole nitrogens is 2. The lowest BCUT2D eigenvalue weighted by molar-refractivity contribution is -0.143. The van der Waals surface area contributed by atoms with Crippen molar-refractivity contribution in [2.75, 3.05) is 6.54 Å². The molecule has 0 unspecified atom stereocenters. The molecule has 0 saturated carbocycles. The van der Waals surface area contributed by atoms with E-state index in [1.54, 1.807) is 82.4 Å². The van der Waals surface area contributed by atoms with E-state index in [9.17, 15) is 39.0 Å². The highest BCUT2D eigenvalue weighted by molar-refractivity contribution is 5.97. The molecule has 11 N–H and O–H groups in total. The molecule has 0 spiro atoms. The number of aliphatic carboxylic acids is 1. The Bertz CT molecular complexity index is 2170. The van der Waals surface area contributed by atoms with E-state index in [1.165, 1.54) is 6.20 Å². The number of fused-ring (bicyclic) bond motifs is 2. The van der Waals surface area contributed by atoms with Crippen LogP contribution in [0.5, 0.6) is 0 Å². The molecule has 2 heterocycles. The number of carbonyl (C=O) groups excluding carboxylic acids is 5. The van der Waals surface area contributed by atoms with Crippen LogP contribution >= 0.6 is 0 Å². The number of aliphatic hydroxyl groups excluding tert-OH is 1. The average molecular weight is 766 g/mol. The zero-order chi connectivity index (χ0) is 44.6. The number of hydrogen-bond acceptors (Lipinski definition) is 8. The fourth-order valence-corrected chi connectivity index (χ4v) is 6.07. The molecule has 0 saturated heterocycles. The molecule has 16 nitrogen and oxygen atoms in total. The number of aromatic amines is 2. The van der Waals surface area contributed by atoms with Gasteiger partial charge in [-0.15, -0.1) is 0 Å².